The number of benzene rings is 2. The minimum Gasteiger partial charge on any atom is -0.493 e. The zero-order chi connectivity index (χ0) is 14.0. The summed E-state index contributed by atoms with van der Waals surface area (Å²) in [5.41, 5.74) is 5.93. The van der Waals surface area contributed by atoms with Gasteiger partial charge < -0.3 is 9.47 Å². The molecule has 2 rings (SSSR count). The van der Waals surface area contributed by atoms with Gasteiger partial charge in [0, 0.05) is 5.56 Å². The first-order valence-corrected chi connectivity index (χ1v) is 6.39. The highest BCUT2D eigenvalue weighted by atomic mass is 16.5. The summed E-state index contributed by atoms with van der Waals surface area (Å²) in [4.78, 5) is 0. The third kappa shape index (κ3) is 2.19. The van der Waals surface area contributed by atoms with Crippen LogP contribution in [-0.2, 0) is 0 Å². The zero-order valence-electron chi connectivity index (χ0n) is 12.2. The molecule has 0 heterocycles. The first-order valence-electron chi connectivity index (χ1n) is 6.39. The Balaban J connectivity index is 2.79. The molecule has 2 nitrogen and oxygen atoms in total. The SMILES string of the molecule is COc1c(C)c(C)c(-c2ccccc2)c(C)c1OC. The lowest BCUT2D eigenvalue weighted by atomic mass is 9.91. The minimum atomic E-state index is 0.824. The van der Waals surface area contributed by atoms with Crippen LogP contribution in [0.4, 0.5) is 0 Å². The average Bonchev–Trinajstić information content (AvgIpc) is 2.44. The molecule has 2 heteroatoms. The van der Waals surface area contributed by atoms with Gasteiger partial charge in [0.1, 0.15) is 0 Å². The van der Waals surface area contributed by atoms with Gasteiger partial charge in [0.25, 0.3) is 0 Å². The number of rotatable bonds is 3. The molecule has 0 aliphatic rings. The van der Waals surface area contributed by atoms with E-state index in [1.54, 1.807) is 14.2 Å². The fourth-order valence-corrected chi connectivity index (χ4v) is 2.62. The minimum absolute atomic E-state index is 0.824. The van der Waals surface area contributed by atoms with Gasteiger partial charge in [-0.3, -0.25) is 0 Å². The third-order valence-electron chi connectivity index (χ3n) is 3.67. The Kier molecular flexibility index (Phi) is 3.79. The lowest BCUT2D eigenvalue weighted by Crippen LogP contribution is -2.01. The van der Waals surface area contributed by atoms with E-state index in [0.29, 0.717) is 0 Å². The third-order valence-corrected chi connectivity index (χ3v) is 3.67. The van der Waals surface area contributed by atoms with E-state index in [9.17, 15) is 0 Å². The standard InChI is InChI=1S/C17H20O2/c1-11-12(2)16(18-4)17(19-5)13(3)15(11)14-9-7-6-8-10-14/h6-10H,1-5H3. The van der Waals surface area contributed by atoms with Crippen LogP contribution < -0.4 is 9.47 Å². The van der Waals surface area contributed by atoms with Crippen molar-refractivity contribution in [3.8, 4) is 22.6 Å². The van der Waals surface area contributed by atoms with Crippen molar-refractivity contribution in [2.45, 2.75) is 20.8 Å². The first-order chi connectivity index (χ1) is 9.11. The second kappa shape index (κ2) is 5.35. The number of ether oxygens (including phenoxy) is 2. The summed E-state index contributed by atoms with van der Waals surface area (Å²) < 4.78 is 11.0. The molecule has 0 N–H and O–H groups in total. The first kappa shape index (κ1) is 13.5. The summed E-state index contributed by atoms with van der Waals surface area (Å²) >= 11 is 0. The van der Waals surface area contributed by atoms with Crippen LogP contribution in [0.2, 0.25) is 0 Å². The Hall–Kier alpha value is -1.96. The van der Waals surface area contributed by atoms with Gasteiger partial charge in [-0.1, -0.05) is 30.3 Å². The molecule has 19 heavy (non-hydrogen) atoms. The van der Waals surface area contributed by atoms with Crippen LogP contribution in [0.15, 0.2) is 30.3 Å². The average molecular weight is 256 g/mol. The van der Waals surface area contributed by atoms with Gasteiger partial charge in [-0.05, 0) is 43.0 Å². The number of hydrogen-bond donors (Lipinski definition) is 0. The summed E-state index contributed by atoms with van der Waals surface area (Å²) in [7, 11) is 3.38. The second-order valence-corrected chi connectivity index (χ2v) is 4.68. The van der Waals surface area contributed by atoms with Gasteiger partial charge in [-0.2, -0.15) is 0 Å². The maximum atomic E-state index is 5.54. The molecule has 0 spiro atoms. The predicted molar refractivity (Wildman–Crippen MR) is 79.2 cm³/mol. The molecule has 0 aliphatic heterocycles. The monoisotopic (exact) mass is 256 g/mol. The Morgan fingerprint density at radius 2 is 1.21 bits per heavy atom. The highest BCUT2D eigenvalue weighted by molar-refractivity contribution is 5.77. The van der Waals surface area contributed by atoms with Gasteiger partial charge in [0.2, 0.25) is 0 Å². The Labute approximate surface area is 115 Å². The topological polar surface area (TPSA) is 18.5 Å². The Morgan fingerprint density at radius 1 is 0.684 bits per heavy atom. The van der Waals surface area contributed by atoms with Gasteiger partial charge in [-0.25, -0.2) is 0 Å². The molecule has 2 aromatic rings. The summed E-state index contributed by atoms with van der Waals surface area (Å²) in [6.45, 7) is 6.28. The van der Waals surface area contributed by atoms with Crippen LogP contribution in [0.3, 0.4) is 0 Å². The summed E-state index contributed by atoms with van der Waals surface area (Å²) in [5.74, 6) is 1.65. The maximum Gasteiger partial charge on any atom is 0.164 e. The quantitative estimate of drug-likeness (QED) is 0.815. The summed E-state index contributed by atoms with van der Waals surface area (Å²) in [5, 5.41) is 0. The van der Waals surface area contributed by atoms with Crippen molar-refractivity contribution in [3.05, 3.63) is 47.0 Å². The molecular formula is C17H20O2. The van der Waals surface area contributed by atoms with Gasteiger partial charge in [0.15, 0.2) is 11.5 Å². The molecule has 0 bridgehead atoms. The Morgan fingerprint density at radius 3 is 1.74 bits per heavy atom. The largest absolute Gasteiger partial charge is 0.493 e. The molecule has 0 atom stereocenters. The van der Waals surface area contributed by atoms with Crippen molar-refractivity contribution in [1.29, 1.82) is 0 Å². The van der Waals surface area contributed by atoms with Gasteiger partial charge >= 0.3 is 0 Å². The molecule has 0 saturated carbocycles. The van der Waals surface area contributed by atoms with Gasteiger partial charge in [-0.15, -0.1) is 0 Å². The van der Waals surface area contributed by atoms with Crippen LogP contribution >= 0.6 is 0 Å². The van der Waals surface area contributed by atoms with E-state index >= 15 is 0 Å². The molecule has 0 saturated heterocycles. The fraction of sp³-hybridized carbons (Fsp3) is 0.294. The smallest absolute Gasteiger partial charge is 0.164 e. The van der Waals surface area contributed by atoms with E-state index in [-0.39, 0.29) is 0 Å². The normalized spacial score (nSPS) is 10.4. The number of hydrogen-bond acceptors (Lipinski definition) is 2. The van der Waals surface area contributed by atoms with E-state index in [1.165, 1.54) is 16.7 Å². The molecule has 100 valence electrons. The molecule has 2 aromatic carbocycles. The molecular weight excluding hydrogens is 236 g/mol. The molecule has 0 aliphatic carbocycles. The van der Waals surface area contributed by atoms with Crippen LogP contribution in [0.5, 0.6) is 11.5 Å². The summed E-state index contributed by atoms with van der Waals surface area (Å²) in [6, 6.07) is 10.4. The van der Waals surface area contributed by atoms with Crippen LogP contribution in [0.1, 0.15) is 16.7 Å². The molecule has 0 aromatic heterocycles. The van der Waals surface area contributed by atoms with E-state index in [4.69, 9.17) is 9.47 Å². The predicted octanol–water partition coefficient (Wildman–Crippen LogP) is 4.30. The molecule has 0 radical (unpaired) electrons. The number of methoxy groups -OCH3 is 2. The lowest BCUT2D eigenvalue weighted by Gasteiger charge is -2.20. The van der Waals surface area contributed by atoms with Crippen molar-refractivity contribution in [3.63, 3.8) is 0 Å². The highest BCUT2D eigenvalue weighted by Gasteiger charge is 2.19. The highest BCUT2D eigenvalue weighted by Crippen LogP contribution is 2.43. The second-order valence-electron chi connectivity index (χ2n) is 4.68. The van der Waals surface area contributed by atoms with Crippen LogP contribution in [-0.4, -0.2) is 14.2 Å². The molecule has 0 amide bonds. The maximum absolute atomic E-state index is 5.54. The van der Waals surface area contributed by atoms with Crippen molar-refractivity contribution >= 4 is 0 Å². The van der Waals surface area contributed by atoms with Crippen LogP contribution in [0.25, 0.3) is 11.1 Å². The van der Waals surface area contributed by atoms with Crippen molar-refractivity contribution in [2.24, 2.45) is 0 Å². The van der Waals surface area contributed by atoms with Crippen LogP contribution in [0, 0.1) is 20.8 Å². The molecule has 0 unspecified atom stereocenters. The van der Waals surface area contributed by atoms with E-state index in [1.807, 2.05) is 6.07 Å². The zero-order valence-corrected chi connectivity index (χ0v) is 12.2. The van der Waals surface area contributed by atoms with Crippen molar-refractivity contribution in [2.75, 3.05) is 14.2 Å². The fourth-order valence-electron chi connectivity index (χ4n) is 2.62. The Bertz CT molecular complexity index is 586. The lowest BCUT2D eigenvalue weighted by molar-refractivity contribution is 0.351. The van der Waals surface area contributed by atoms with E-state index in [2.05, 4.69) is 45.0 Å². The van der Waals surface area contributed by atoms with Gasteiger partial charge in [0.05, 0.1) is 14.2 Å². The van der Waals surface area contributed by atoms with E-state index in [0.717, 1.165) is 22.6 Å². The van der Waals surface area contributed by atoms with E-state index < -0.39 is 0 Å². The molecule has 0 fully saturated rings. The van der Waals surface area contributed by atoms with Crippen molar-refractivity contribution < 1.29 is 9.47 Å². The van der Waals surface area contributed by atoms with Crippen molar-refractivity contribution in [1.82, 2.24) is 0 Å². The summed E-state index contributed by atoms with van der Waals surface area (Å²) in [6.07, 6.45) is 0.